The van der Waals surface area contributed by atoms with E-state index >= 15 is 0 Å². The number of nitrogens with one attached hydrogen (secondary N) is 1. The van der Waals surface area contributed by atoms with E-state index in [1.165, 1.54) is 22.4 Å². The summed E-state index contributed by atoms with van der Waals surface area (Å²) in [4.78, 5) is 42.0. The first-order valence-electron chi connectivity index (χ1n) is 9.05. The molecule has 0 aliphatic heterocycles. The van der Waals surface area contributed by atoms with Gasteiger partial charge in [0.2, 0.25) is 5.95 Å². The summed E-state index contributed by atoms with van der Waals surface area (Å²) in [5.41, 5.74) is 0.900. The molecule has 0 amide bonds. The van der Waals surface area contributed by atoms with Crippen LogP contribution in [0.15, 0.2) is 56.9 Å². The topological polar surface area (TPSA) is 99.6 Å². The van der Waals surface area contributed by atoms with Gasteiger partial charge in [-0.2, -0.15) is 9.67 Å². The van der Waals surface area contributed by atoms with Gasteiger partial charge in [0.05, 0.1) is 0 Å². The third kappa shape index (κ3) is 3.06. The smallest absolute Gasteiger partial charge is 0.299 e. The molecule has 1 N–H and O–H groups in total. The van der Waals surface area contributed by atoms with E-state index in [1.54, 1.807) is 18.5 Å². The highest BCUT2D eigenvalue weighted by molar-refractivity contribution is 5.72. The molecule has 0 saturated carbocycles. The lowest BCUT2D eigenvalue weighted by molar-refractivity contribution is 0.696. The van der Waals surface area contributed by atoms with E-state index in [0.717, 1.165) is 10.1 Å². The molecule has 4 rings (SSSR count). The van der Waals surface area contributed by atoms with Crippen molar-refractivity contribution in [2.24, 2.45) is 14.1 Å². The highest BCUT2D eigenvalue weighted by atomic mass is 16.2. The number of imidazole rings is 1. The van der Waals surface area contributed by atoms with Gasteiger partial charge >= 0.3 is 5.69 Å². The van der Waals surface area contributed by atoms with Crippen molar-refractivity contribution in [3.05, 3.63) is 84.9 Å². The van der Waals surface area contributed by atoms with Crippen LogP contribution in [0.2, 0.25) is 0 Å². The van der Waals surface area contributed by atoms with Crippen LogP contribution in [0.3, 0.4) is 0 Å². The summed E-state index contributed by atoms with van der Waals surface area (Å²) in [6.07, 6.45) is 3.80. The Labute approximate surface area is 164 Å². The quantitative estimate of drug-likeness (QED) is 0.559. The van der Waals surface area contributed by atoms with Crippen LogP contribution in [0, 0.1) is 6.92 Å². The third-order valence-corrected chi connectivity index (χ3v) is 4.77. The number of aryl methyl sites for hydroxylation is 2. The van der Waals surface area contributed by atoms with Crippen LogP contribution in [0.25, 0.3) is 23.2 Å². The Morgan fingerprint density at radius 2 is 1.79 bits per heavy atom. The number of nitrogens with zero attached hydrogens (tertiary/aromatic N) is 5. The van der Waals surface area contributed by atoms with Gasteiger partial charge in [0.15, 0.2) is 11.2 Å². The number of hydrogen-bond donors (Lipinski definition) is 1. The molecule has 0 fully saturated rings. The minimum absolute atomic E-state index is 0.223. The van der Waals surface area contributed by atoms with Crippen molar-refractivity contribution in [1.29, 1.82) is 0 Å². The van der Waals surface area contributed by atoms with E-state index < -0.39 is 11.2 Å². The van der Waals surface area contributed by atoms with Crippen molar-refractivity contribution < 1.29 is 0 Å². The molecule has 0 aliphatic carbocycles. The SMILES string of the molecule is Cc1cc(=O)n(-c2nc3c(c(=O)n(C)c(=O)n3C)n2C/C=C/c2ccccc2)[nH]1. The molecule has 0 unspecified atom stereocenters. The first-order valence-corrected chi connectivity index (χ1v) is 9.05. The predicted octanol–water partition coefficient (Wildman–Crippen LogP) is 0.935. The maximum atomic E-state index is 12.9. The number of allylic oxidation sites excluding steroid dienone is 1. The number of fused-ring (bicyclic) bond motifs is 1. The van der Waals surface area contributed by atoms with E-state index in [2.05, 4.69) is 10.1 Å². The average Bonchev–Trinajstić information content (AvgIpc) is 3.25. The Morgan fingerprint density at radius 1 is 1.07 bits per heavy atom. The number of aromatic amines is 1. The fraction of sp³-hybridized carbons (Fsp3) is 0.200. The Hall–Kier alpha value is -3.88. The van der Waals surface area contributed by atoms with Crippen molar-refractivity contribution in [2.75, 3.05) is 0 Å². The summed E-state index contributed by atoms with van der Waals surface area (Å²) in [5, 5.41) is 2.94. The minimum Gasteiger partial charge on any atom is -0.299 e. The van der Waals surface area contributed by atoms with Crippen LogP contribution in [-0.2, 0) is 20.6 Å². The number of H-pyrrole nitrogens is 1. The molecule has 29 heavy (non-hydrogen) atoms. The van der Waals surface area contributed by atoms with Crippen LogP contribution >= 0.6 is 0 Å². The van der Waals surface area contributed by atoms with Gasteiger partial charge in [-0.1, -0.05) is 42.5 Å². The van der Waals surface area contributed by atoms with E-state index in [0.29, 0.717) is 12.2 Å². The molecule has 1 aromatic carbocycles. The molecule has 0 radical (unpaired) electrons. The molecule has 3 aromatic heterocycles. The Morgan fingerprint density at radius 3 is 2.45 bits per heavy atom. The first kappa shape index (κ1) is 18.5. The van der Waals surface area contributed by atoms with E-state index in [9.17, 15) is 14.4 Å². The molecule has 0 spiro atoms. The summed E-state index contributed by atoms with van der Waals surface area (Å²) < 4.78 is 5.25. The zero-order chi connectivity index (χ0) is 20.7. The second-order valence-electron chi connectivity index (χ2n) is 6.83. The van der Waals surface area contributed by atoms with Gasteiger partial charge in [-0.05, 0) is 12.5 Å². The normalized spacial score (nSPS) is 11.7. The zero-order valence-electron chi connectivity index (χ0n) is 16.3. The van der Waals surface area contributed by atoms with Crippen molar-refractivity contribution in [3.8, 4) is 5.95 Å². The Kier molecular flexibility index (Phi) is 4.42. The predicted molar refractivity (Wildman–Crippen MR) is 110 cm³/mol. The highest BCUT2D eigenvalue weighted by Gasteiger charge is 2.20. The molecule has 0 saturated heterocycles. The first-order chi connectivity index (χ1) is 13.9. The number of hydrogen-bond acceptors (Lipinski definition) is 4. The lowest BCUT2D eigenvalue weighted by atomic mass is 10.2. The monoisotopic (exact) mass is 392 g/mol. The third-order valence-electron chi connectivity index (χ3n) is 4.77. The summed E-state index contributed by atoms with van der Waals surface area (Å²) in [5.74, 6) is 0.245. The standard InChI is InChI=1S/C20H20N6O3/c1-13-12-15(27)26(22-13)19-21-17-16(18(28)24(3)20(29)23(17)2)25(19)11-7-10-14-8-5-4-6-9-14/h4-10,12,22H,11H2,1-3H3/b10-7+. The van der Waals surface area contributed by atoms with Gasteiger partial charge < -0.3 is 0 Å². The van der Waals surface area contributed by atoms with Crippen molar-refractivity contribution in [2.45, 2.75) is 13.5 Å². The summed E-state index contributed by atoms with van der Waals surface area (Å²) >= 11 is 0. The van der Waals surface area contributed by atoms with Crippen molar-refractivity contribution in [1.82, 2.24) is 28.5 Å². The summed E-state index contributed by atoms with van der Waals surface area (Å²) in [6.45, 7) is 2.05. The summed E-state index contributed by atoms with van der Waals surface area (Å²) in [6, 6.07) is 11.2. The van der Waals surface area contributed by atoms with E-state index in [1.807, 2.05) is 42.5 Å². The van der Waals surface area contributed by atoms with Crippen molar-refractivity contribution >= 4 is 17.2 Å². The number of rotatable bonds is 4. The van der Waals surface area contributed by atoms with Crippen LogP contribution in [0.4, 0.5) is 0 Å². The molecule has 0 aliphatic rings. The van der Waals surface area contributed by atoms with E-state index in [-0.39, 0.29) is 22.7 Å². The largest absolute Gasteiger partial charge is 0.332 e. The Balaban J connectivity index is 1.97. The molecular weight excluding hydrogens is 372 g/mol. The summed E-state index contributed by atoms with van der Waals surface area (Å²) in [7, 11) is 2.97. The van der Waals surface area contributed by atoms with Gasteiger partial charge in [-0.3, -0.25) is 28.4 Å². The molecule has 4 aromatic rings. The van der Waals surface area contributed by atoms with Crippen LogP contribution in [0.5, 0.6) is 0 Å². The molecule has 148 valence electrons. The molecule has 9 heteroatoms. The maximum absolute atomic E-state index is 12.9. The highest BCUT2D eigenvalue weighted by Crippen LogP contribution is 2.14. The van der Waals surface area contributed by atoms with Crippen LogP contribution in [-0.4, -0.2) is 28.5 Å². The average molecular weight is 392 g/mol. The van der Waals surface area contributed by atoms with Gasteiger partial charge in [0.25, 0.3) is 11.1 Å². The van der Waals surface area contributed by atoms with Crippen LogP contribution < -0.4 is 16.8 Å². The zero-order valence-corrected chi connectivity index (χ0v) is 16.3. The number of benzene rings is 1. The lowest BCUT2D eigenvalue weighted by Crippen LogP contribution is -2.37. The lowest BCUT2D eigenvalue weighted by Gasteiger charge is -2.07. The molecule has 3 heterocycles. The molecule has 9 nitrogen and oxygen atoms in total. The number of aromatic nitrogens is 6. The van der Waals surface area contributed by atoms with Gasteiger partial charge in [-0.25, -0.2) is 4.79 Å². The van der Waals surface area contributed by atoms with Gasteiger partial charge in [-0.15, -0.1) is 0 Å². The molecule has 0 atom stereocenters. The fourth-order valence-corrected chi connectivity index (χ4v) is 3.30. The van der Waals surface area contributed by atoms with Gasteiger partial charge in [0, 0.05) is 32.4 Å². The van der Waals surface area contributed by atoms with Crippen LogP contribution in [0.1, 0.15) is 11.3 Å². The fourth-order valence-electron chi connectivity index (χ4n) is 3.30. The Bertz CT molecular complexity index is 1410. The second kappa shape index (κ2) is 6.93. The minimum atomic E-state index is -0.478. The second-order valence-corrected chi connectivity index (χ2v) is 6.83. The van der Waals surface area contributed by atoms with E-state index in [4.69, 9.17) is 0 Å². The molecular formula is C20H20N6O3. The maximum Gasteiger partial charge on any atom is 0.332 e. The van der Waals surface area contributed by atoms with Crippen molar-refractivity contribution in [3.63, 3.8) is 0 Å². The molecule has 0 bridgehead atoms. The van der Waals surface area contributed by atoms with Gasteiger partial charge in [0.1, 0.15) is 0 Å².